The van der Waals surface area contributed by atoms with Crippen molar-refractivity contribution in [3.05, 3.63) is 23.1 Å². The summed E-state index contributed by atoms with van der Waals surface area (Å²) in [6, 6.07) is 6.54. The number of thioether (sulfide) groups is 1. The monoisotopic (exact) mass is 224 g/mol. The minimum atomic E-state index is 0.979. The SMILES string of the molecule is COc1cc2sc(C)cc2cc1SC. The molecule has 74 valence electrons. The zero-order chi connectivity index (χ0) is 10.1. The molecule has 0 saturated heterocycles. The van der Waals surface area contributed by atoms with Gasteiger partial charge in [-0.1, -0.05) is 0 Å². The van der Waals surface area contributed by atoms with E-state index in [0.29, 0.717) is 0 Å². The molecule has 0 bridgehead atoms. The van der Waals surface area contributed by atoms with E-state index in [-0.39, 0.29) is 0 Å². The van der Waals surface area contributed by atoms with Crippen LogP contribution >= 0.6 is 23.1 Å². The van der Waals surface area contributed by atoms with Crippen LogP contribution in [0.2, 0.25) is 0 Å². The predicted molar refractivity (Wildman–Crippen MR) is 64.9 cm³/mol. The first-order valence-electron chi connectivity index (χ1n) is 4.37. The lowest BCUT2D eigenvalue weighted by Crippen LogP contribution is -1.84. The van der Waals surface area contributed by atoms with E-state index >= 15 is 0 Å². The topological polar surface area (TPSA) is 9.23 Å². The third-order valence-corrected chi connectivity index (χ3v) is 3.92. The van der Waals surface area contributed by atoms with Gasteiger partial charge in [0.25, 0.3) is 0 Å². The maximum Gasteiger partial charge on any atom is 0.133 e. The number of ether oxygens (including phenoxy) is 1. The number of benzene rings is 1. The molecule has 0 N–H and O–H groups in total. The van der Waals surface area contributed by atoms with Crippen LogP contribution in [0.4, 0.5) is 0 Å². The number of thiophene rings is 1. The second-order valence-electron chi connectivity index (χ2n) is 3.10. The molecular formula is C11H12OS2. The molecule has 1 heterocycles. The molecule has 2 aromatic rings. The first-order chi connectivity index (χ1) is 6.74. The van der Waals surface area contributed by atoms with E-state index in [0.717, 1.165) is 5.75 Å². The molecule has 1 aromatic heterocycles. The summed E-state index contributed by atoms with van der Waals surface area (Å²) in [7, 11) is 1.72. The maximum absolute atomic E-state index is 5.34. The van der Waals surface area contributed by atoms with Crippen molar-refractivity contribution in [1.82, 2.24) is 0 Å². The van der Waals surface area contributed by atoms with Crippen LogP contribution in [0.25, 0.3) is 10.1 Å². The first kappa shape index (κ1) is 9.87. The van der Waals surface area contributed by atoms with Crippen molar-refractivity contribution in [3.63, 3.8) is 0 Å². The van der Waals surface area contributed by atoms with Gasteiger partial charge in [0.1, 0.15) is 5.75 Å². The molecule has 1 nitrogen and oxygen atoms in total. The lowest BCUT2D eigenvalue weighted by molar-refractivity contribution is 0.405. The van der Waals surface area contributed by atoms with Gasteiger partial charge in [-0.3, -0.25) is 0 Å². The highest BCUT2D eigenvalue weighted by Gasteiger charge is 2.06. The molecule has 0 fully saturated rings. The Bertz CT molecular complexity index is 419. The Kier molecular flexibility index (Phi) is 2.70. The van der Waals surface area contributed by atoms with Gasteiger partial charge in [0.2, 0.25) is 0 Å². The summed E-state index contributed by atoms with van der Waals surface area (Å²) in [4.78, 5) is 2.55. The van der Waals surface area contributed by atoms with Crippen LogP contribution in [-0.2, 0) is 0 Å². The Balaban J connectivity index is 2.68. The normalized spacial score (nSPS) is 10.8. The second-order valence-corrected chi connectivity index (χ2v) is 5.24. The summed E-state index contributed by atoms with van der Waals surface area (Å²) in [6.07, 6.45) is 2.07. The third kappa shape index (κ3) is 1.62. The van der Waals surface area contributed by atoms with Gasteiger partial charge in [-0.15, -0.1) is 23.1 Å². The summed E-state index contributed by atoms with van der Waals surface area (Å²) >= 11 is 3.54. The molecule has 3 heteroatoms. The fourth-order valence-electron chi connectivity index (χ4n) is 1.50. The fourth-order valence-corrected chi connectivity index (χ4v) is 3.02. The summed E-state index contributed by atoms with van der Waals surface area (Å²) in [5, 5.41) is 1.32. The zero-order valence-corrected chi connectivity index (χ0v) is 10.1. The van der Waals surface area contributed by atoms with Gasteiger partial charge in [-0.05, 0) is 36.8 Å². The number of hydrogen-bond donors (Lipinski definition) is 0. The fraction of sp³-hybridized carbons (Fsp3) is 0.273. The molecule has 1 aromatic carbocycles. The Labute approximate surface area is 92.1 Å². The largest absolute Gasteiger partial charge is 0.496 e. The van der Waals surface area contributed by atoms with Crippen LogP contribution in [0.15, 0.2) is 23.1 Å². The molecule has 0 saturated carbocycles. The molecule has 0 spiro atoms. The van der Waals surface area contributed by atoms with Crippen molar-refractivity contribution in [3.8, 4) is 5.75 Å². The molecule has 0 atom stereocenters. The van der Waals surface area contributed by atoms with Gasteiger partial charge in [0, 0.05) is 14.5 Å². The quantitative estimate of drug-likeness (QED) is 0.715. The second kappa shape index (κ2) is 3.83. The molecule has 2 rings (SSSR count). The highest BCUT2D eigenvalue weighted by Crippen LogP contribution is 2.35. The molecule has 0 aliphatic carbocycles. The molecular weight excluding hydrogens is 212 g/mol. The van der Waals surface area contributed by atoms with E-state index < -0.39 is 0 Å². The van der Waals surface area contributed by atoms with Crippen molar-refractivity contribution in [1.29, 1.82) is 0 Å². The van der Waals surface area contributed by atoms with Crippen LogP contribution < -0.4 is 4.74 Å². The Morgan fingerprint density at radius 3 is 2.71 bits per heavy atom. The number of methoxy groups -OCH3 is 1. The number of aryl methyl sites for hydroxylation is 1. The molecule has 0 unspecified atom stereocenters. The first-order valence-corrected chi connectivity index (χ1v) is 6.41. The van der Waals surface area contributed by atoms with Gasteiger partial charge in [-0.25, -0.2) is 0 Å². The average Bonchev–Trinajstić information content (AvgIpc) is 2.54. The van der Waals surface area contributed by atoms with Crippen molar-refractivity contribution >= 4 is 33.2 Å². The van der Waals surface area contributed by atoms with E-state index in [1.54, 1.807) is 18.9 Å². The van der Waals surface area contributed by atoms with Crippen LogP contribution in [-0.4, -0.2) is 13.4 Å². The van der Waals surface area contributed by atoms with E-state index in [1.807, 2.05) is 11.3 Å². The highest BCUT2D eigenvalue weighted by molar-refractivity contribution is 7.98. The van der Waals surface area contributed by atoms with Crippen LogP contribution in [0, 0.1) is 6.92 Å². The summed E-state index contributed by atoms with van der Waals surface area (Å²) < 4.78 is 6.64. The van der Waals surface area contributed by atoms with E-state index in [2.05, 4.69) is 31.4 Å². The van der Waals surface area contributed by atoms with Crippen LogP contribution in [0.3, 0.4) is 0 Å². The Morgan fingerprint density at radius 2 is 2.07 bits per heavy atom. The molecule has 0 radical (unpaired) electrons. The predicted octanol–water partition coefficient (Wildman–Crippen LogP) is 3.94. The highest BCUT2D eigenvalue weighted by atomic mass is 32.2. The van der Waals surface area contributed by atoms with Gasteiger partial charge in [0.15, 0.2) is 0 Å². The third-order valence-electron chi connectivity index (χ3n) is 2.15. The van der Waals surface area contributed by atoms with Crippen molar-refractivity contribution < 1.29 is 4.74 Å². The Hall–Kier alpha value is -0.670. The molecule has 0 aliphatic heterocycles. The maximum atomic E-state index is 5.34. The Morgan fingerprint density at radius 1 is 1.29 bits per heavy atom. The number of rotatable bonds is 2. The number of fused-ring (bicyclic) bond motifs is 1. The number of hydrogen-bond acceptors (Lipinski definition) is 3. The molecule has 14 heavy (non-hydrogen) atoms. The van der Waals surface area contributed by atoms with Crippen molar-refractivity contribution in [2.75, 3.05) is 13.4 Å². The standard InChI is InChI=1S/C11H12OS2/c1-7-4-8-5-11(13-3)9(12-2)6-10(8)14-7/h4-6H,1-3H3. The van der Waals surface area contributed by atoms with E-state index in [1.165, 1.54) is 19.9 Å². The van der Waals surface area contributed by atoms with Crippen molar-refractivity contribution in [2.24, 2.45) is 0 Å². The van der Waals surface area contributed by atoms with Crippen molar-refractivity contribution in [2.45, 2.75) is 11.8 Å². The van der Waals surface area contributed by atoms with Crippen LogP contribution in [0.5, 0.6) is 5.75 Å². The van der Waals surface area contributed by atoms with Gasteiger partial charge in [-0.2, -0.15) is 0 Å². The van der Waals surface area contributed by atoms with Gasteiger partial charge in [0.05, 0.1) is 7.11 Å². The lowest BCUT2D eigenvalue weighted by Gasteiger charge is -2.05. The van der Waals surface area contributed by atoms with E-state index in [4.69, 9.17) is 4.74 Å². The molecule has 0 amide bonds. The molecule has 0 aliphatic rings. The minimum Gasteiger partial charge on any atom is -0.496 e. The average molecular weight is 224 g/mol. The summed E-state index contributed by atoms with van der Waals surface area (Å²) in [5.74, 6) is 0.979. The van der Waals surface area contributed by atoms with Crippen LogP contribution in [0.1, 0.15) is 4.88 Å². The van der Waals surface area contributed by atoms with E-state index in [9.17, 15) is 0 Å². The minimum absolute atomic E-state index is 0.979. The summed E-state index contributed by atoms with van der Waals surface area (Å²) in [5.41, 5.74) is 0. The lowest BCUT2D eigenvalue weighted by atomic mass is 10.2. The van der Waals surface area contributed by atoms with Gasteiger partial charge >= 0.3 is 0 Å². The smallest absolute Gasteiger partial charge is 0.133 e. The zero-order valence-electron chi connectivity index (χ0n) is 8.46. The summed E-state index contributed by atoms with van der Waals surface area (Å²) in [6.45, 7) is 2.13. The van der Waals surface area contributed by atoms with Gasteiger partial charge < -0.3 is 4.74 Å².